The molecule has 0 saturated carbocycles. The molecule has 0 fully saturated rings. The normalized spacial score (nSPS) is 11.8. The Morgan fingerprint density at radius 1 is 1.13 bits per heavy atom. The molecular formula is C21H19N3O5S. The van der Waals surface area contributed by atoms with Crippen LogP contribution in [0.2, 0.25) is 0 Å². The summed E-state index contributed by atoms with van der Waals surface area (Å²) >= 11 is 1.25. The minimum Gasteiger partial charge on any atom is -0.495 e. The van der Waals surface area contributed by atoms with Gasteiger partial charge in [-0.1, -0.05) is 6.07 Å². The summed E-state index contributed by atoms with van der Waals surface area (Å²) in [6.45, 7) is 2.09. The minimum atomic E-state index is -0.317. The number of aryl methyl sites for hydroxylation is 1. The summed E-state index contributed by atoms with van der Waals surface area (Å²) in [6.07, 6.45) is 0.0768. The second kappa shape index (κ2) is 8.42. The van der Waals surface area contributed by atoms with Gasteiger partial charge in [0.15, 0.2) is 16.6 Å². The van der Waals surface area contributed by atoms with Crippen molar-refractivity contribution in [3.63, 3.8) is 0 Å². The fourth-order valence-electron chi connectivity index (χ4n) is 2.91. The van der Waals surface area contributed by atoms with Crippen molar-refractivity contribution in [1.82, 2.24) is 4.98 Å². The highest BCUT2D eigenvalue weighted by atomic mass is 32.1. The number of nitrogens with one attached hydrogen (secondary N) is 2. The molecule has 0 spiro atoms. The Balaban J connectivity index is 1.37. The Labute approximate surface area is 176 Å². The molecule has 2 amide bonds. The van der Waals surface area contributed by atoms with Gasteiger partial charge in [0, 0.05) is 10.9 Å². The smallest absolute Gasteiger partial charge is 0.257 e. The maximum atomic E-state index is 12.5. The molecule has 4 rings (SSSR count). The monoisotopic (exact) mass is 425 g/mol. The average Bonchev–Trinajstić information content (AvgIpc) is 3.37. The first-order valence-corrected chi connectivity index (χ1v) is 9.99. The topological polar surface area (TPSA) is 98.8 Å². The van der Waals surface area contributed by atoms with Gasteiger partial charge in [-0.15, -0.1) is 11.3 Å². The Bertz CT molecular complexity index is 1110. The van der Waals surface area contributed by atoms with Gasteiger partial charge in [0.25, 0.3) is 5.91 Å². The highest BCUT2D eigenvalue weighted by molar-refractivity contribution is 7.14. The molecule has 2 heterocycles. The molecule has 2 N–H and O–H groups in total. The number of nitrogens with zero attached hydrogens (tertiary/aromatic N) is 1. The van der Waals surface area contributed by atoms with Crippen molar-refractivity contribution >= 4 is 34.0 Å². The Kier molecular flexibility index (Phi) is 5.53. The van der Waals surface area contributed by atoms with Gasteiger partial charge in [-0.05, 0) is 42.8 Å². The third-order valence-corrected chi connectivity index (χ3v) is 5.19. The summed E-state index contributed by atoms with van der Waals surface area (Å²) in [5, 5.41) is 7.71. The van der Waals surface area contributed by atoms with Crippen molar-refractivity contribution in [2.24, 2.45) is 0 Å². The molecule has 1 aliphatic rings. The van der Waals surface area contributed by atoms with Crippen LogP contribution in [0.15, 0.2) is 41.8 Å². The van der Waals surface area contributed by atoms with E-state index in [2.05, 4.69) is 15.6 Å². The van der Waals surface area contributed by atoms with Crippen LogP contribution in [0.4, 0.5) is 10.8 Å². The lowest BCUT2D eigenvalue weighted by Gasteiger charge is -2.10. The summed E-state index contributed by atoms with van der Waals surface area (Å²) in [7, 11) is 1.56. The van der Waals surface area contributed by atoms with Crippen LogP contribution in [-0.2, 0) is 11.2 Å². The van der Waals surface area contributed by atoms with Gasteiger partial charge in [-0.3, -0.25) is 14.9 Å². The molecule has 154 valence electrons. The van der Waals surface area contributed by atoms with Crippen LogP contribution < -0.4 is 24.8 Å². The van der Waals surface area contributed by atoms with Crippen LogP contribution in [0.3, 0.4) is 0 Å². The molecule has 0 atom stereocenters. The number of ether oxygens (including phenoxy) is 3. The average molecular weight is 425 g/mol. The van der Waals surface area contributed by atoms with Gasteiger partial charge in [-0.25, -0.2) is 4.98 Å². The van der Waals surface area contributed by atoms with E-state index in [0.29, 0.717) is 39.3 Å². The van der Waals surface area contributed by atoms with Crippen molar-refractivity contribution in [2.45, 2.75) is 13.3 Å². The van der Waals surface area contributed by atoms with E-state index >= 15 is 0 Å². The van der Waals surface area contributed by atoms with Crippen molar-refractivity contribution in [3.05, 3.63) is 58.6 Å². The highest BCUT2D eigenvalue weighted by Crippen LogP contribution is 2.32. The summed E-state index contributed by atoms with van der Waals surface area (Å²) in [5.41, 5.74) is 2.62. The zero-order chi connectivity index (χ0) is 21.1. The van der Waals surface area contributed by atoms with Gasteiger partial charge in [0.1, 0.15) is 5.75 Å². The SMILES string of the molecule is COc1cc(C)ccc1NC(=O)Cc1csc(NC(=O)c2ccc3c(c2)OCO3)n1. The number of carbonyl (C=O) groups excluding carboxylic acids is 2. The number of fused-ring (bicyclic) bond motifs is 1. The standard InChI is InChI=1S/C21H19N3O5S/c1-12-3-5-15(17(7-12)27-2)23-19(25)9-14-10-30-21(22-14)24-20(26)13-4-6-16-18(8-13)29-11-28-16/h3-8,10H,9,11H2,1-2H3,(H,23,25)(H,22,24,26). The summed E-state index contributed by atoms with van der Waals surface area (Å²) < 4.78 is 15.8. The van der Waals surface area contributed by atoms with Crippen molar-refractivity contribution < 1.29 is 23.8 Å². The van der Waals surface area contributed by atoms with Crippen LogP contribution in [0.25, 0.3) is 0 Å². The largest absolute Gasteiger partial charge is 0.495 e. The quantitative estimate of drug-likeness (QED) is 0.626. The predicted molar refractivity (Wildman–Crippen MR) is 113 cm³/mol. The van der Waals surface area contributed by atoms with Crippen molar-refractivity contribution in [3.8, 4) is 17.2 Å². The molecule has 2 aromatic carbocycles. The third kappa shape index (κ3) is 4.36. The lowest BCUT2D eigenvalue weighted by Crippen LogP contribution is -2.15. The maximum Gasteiger partial charge on any atom is 0.257 e. The lowest BCUT2D eigenvalue weighted by molar-refractivity contribution is -0.115. The zero-order valence-electron chi connectivity index (χ0n) is 16.4. The first-order chi connectivity index (χ1) is 14.5. The van der Waals surface area contributed by atoms with E-state index in [9.17, 15) is 9.59 Å². The molecular weight excluding hydrogens is 406 g/mol. The number of benzene rings is 2. The first-order valence-electron chi connectivity index (χ1n) is 9.12. The van der Waals surface area contributed by atoms with Crippen LogP contribution in [0.1, 0.15) is 21.6 Å². The summed E-state index contributed by atoms with van der Waals surface area (Å²) in [5.74, 6) is 1.20. The Morgan fingerprint density at radius 3 is 2.80 bits per heavy atom. The Morgan fingerprint density at radius 2 is 1.97 bits per heavy atom. The van der Waals surface area contributed by atoms with E-state index in [-0.39, 0.29) is 25.0 Å². The number of thiazole rings is 1. The zero-order valence-corrected chi connectivity index (χ0v) is 17.2. The molecule has 3 aromatic rings. The number of rotatable bonds is 6. The Hall–Kier alpha value is -3.59. The van der Waals surface area contributed by atoms with Crippen molar-refractivity contribution in [2.75, 3.05) is 24.5 Å². The molecule has 0 bridgehead atoms. The maximum absolute atomic E-state index is 12.5. The third-order valence-electron chi connectivity index (χ3n) is 4.38. The number of amides is 2. The van der Waals surface area contributed by atoms with E-state index in [4.69, 9.17) is 14.2 Å². The van der Waals surface area contributed by atoms with E-state index in [1.54, 1.807) is 36.8 Å². The van der Waals surface area contributed by atoms with Crippen LogP contribution in [-0.4, -0.2) is 30.7 Å². The molecule has 0 unspecified atom stereocenters. The molecule has 0 radical (unpaired) electrons. The lowest BCUT2D eigenvalue weighted by atomic mass is 10.2. The summed E-state index contributed by atoms with van der Waals surface area (Å²) in [4.78, 5) is 29.2. The van der Waals surface area contributed by atoms with Crippen LogP contribution in [0.5, 0.6) is 17.2 Å². The molecule has 1 aliphatic heterocycles. The number of hydrogen-bond acceptors (Lipinski definition) is 7. The minimum absolute atomic E-state index is 0.0768. The molecule has 0 saturated heterocycles. The molecule has 9 heteroatoms. The van der Waals surface area contributed by atoms with E-state index in [1.807, 2.05) is 19.1 Å². The predicted octanol–water partition coefficient (Wildman–Crippen LogP) is 3.62. The number of methoxy groups -OCH3 is 1. The van der Waals surface area contributed by atoms with E-state index < -0.39 is 0 Å². The highest BCUT2D eigenvalue weighted by Gasteiger charge is 2.17. The first kappa shape index (κ1) is 19.7. The molecule has 0 aliphatic carbocycles. The van der Waals surface area contributed by atoms with E-state index in [0.717, 1.165) is 5.56 Å². The second-order valence-corrected chi connectivity index (χ2v) is 7.45. The molecule has 30 heavy (non-hydrogen) atoms. The van der Waals surface area contributed by atoms with E-state index in [1.165, 1.54) is 11.3 Å². The molecule has 1 aromatic heterocycles. The van der Waals surface area contributed by atoms with Gasteiger partial charge in [0.2, 0.25) is 12.7 Å². The van der Waals surface area contributed by atoms with Crippen molar-refractivity contribution in [1.29, 1.82) is 0 Å². The van der Waals surface area contributed by atoms with Gasteiger partial charge < -0.3 is 19.5 Å². The van der Waals surface area contributed by atoms with Crippen LogP contribution >= 0.6 is 11.3 Å². The second-order valence-electron chi connectivity index (χ2n) is 6.59. The van der Waals surface area contributed by atoms with Gasteiger partial charge in [0.05, 0.1) is 24.9 Å². The fourth-order valence-corrected chi connectivity index (χ4v) is 3.62. The summed E-state index contributed by atoms with van der Waals surface area (Å²) in [6, 6.07) is 10.5. The molecule has 8 nitrogen and oxygen atoms in total. The number of hydrogen-bond donors (Lipinski definition) is 2. The van der Waals surface area contributed by atoms with Gasteiger partial charge in [-0.2, -0.15) is 0 Å². The number of carbonyl (C=O) groups is 2. The van der Waals surface area contributed by atoms with Crippen LogP contribution in [0, 0.1) is 6.92 Å². The fraction of sp³-hybridized carbons (Fsp3) is 0.190. The van der Waals surface area contributed by atoms with Gasteiger partial charge >= 0.3 is 0 Å². The number of aromatic nitrogens is 1. The number of anilines is 2.